The van der Waals surface area contributed by atoms with E-state index in [4.69, 9.17) is 9.47 Å². The quantitative estimate of drug-likeness (QED) is 0.609. The molecule has 1 aromatic carbocycles. The average Bonchev–Trinajstić information content (AvgIpc) is 2.90. The van der Waals surface area contributed by atoms with E-state index >= 15 is 0 Å². The van der Waals surface area contributed by atoms with Crippen molar-refractivity contribution >= 4 is 18.0 Å². The molecule has 7 heteroatoms. The molecule has 1 aliphatic rings. The number of hydrogen-bond acceptors (Lipinski definition) is 5. The number of amides is 2. The number of hydrogen-bond donors (Lipinski definition) is 1. The van der Waals surface area contributed by atoms with Crippen LogP contribution in [0.1, 0.15) is 52.5 Å². The lowest BCUT2D eigenvalue weighted by atomic mass is 9.82. The summed E-state index contributed by atoms with van der Waals surface area (Å²) in [7, 11) is 0. The standard InChI is InChI=1S/C20H28N2O5/c1-5-11-20(17(24)26-14-15-9-7-6-8-10-15)12-13-22(16(20)23)21-18(25)27-19(2,3)4/h6-10H,5,11-14H2,1-4H3,(H,21,25)/t20-/m1/s1. The number of benzene rings is 1. The maximum Gasteiger partial charge on any atom is 0.426 e. The van der Waals surface area contributed by atoms with E-state index < -0.39 is 29.0 Å². The van der Waals surface area contributed by atoms with Gasteiger partial charge in [-0.3, -0.25) is 14.6 Å². The highest BCUT2D eigenvalue weighted by Gasteiger charge is 2.53. The third kappa shape index (κ3) is 5.21. The minimum atomic E-state index is -1.27. The molecule has 1 aliphatic heterocycles. The van der Waals surface area contributed by atoms with Crippen molar-refractivity contribution in [3.63, 3.8) is 0 Å². The Kier molecular flexibility index (Phi) is 6.46. The number of nitrogens with one attached hydrogen (secondary N) is 1. The van der Waals surface area contributed by atoms with Gasteiger partial charge in [-0.1, -0.05) is 43.7 Å². The highest BCUT2D eigenvalue weighted by Crippen LogP contribution is 2.37. The summed E-state index contributed by atoms with van der Waals surface area (Å²) in [6.07, 6.45) is 0.586. The van der Waals surface area contributed by atoms with E-state index in [1.807, 2.05) is 37.3 Å². The zero-order valence-electron chi connectivity index (χ0n) is 16.4. The Morgan fingerprint density at radius 3 is 2.48 bits per heavy atom. The molecule has 1 fully saturated rings. The summed E-state index contributed by atoms with van der Waals surface area (Å²) < 4.78 is 10.6. The monoisotopic (exact) mass is 376 g/mol. The molecule has 7 nitrogen and oxygen atoms in total. The average molecular weight is 376 g/mol. The molecule has 1 atom stereocenters. The van der Waals surface area contributed by atoms with Crippen LogP contribution in [0.3, 0.4) is 0 Å². The Bertz CT molecular complexity index is 683. The molecule has 0 aliphatic carbocycles. The SMILES string of the molecule is CCC[C@@]1(C(=O)OCc2ccccc2)CCN(NC(=O)OC(C)(C)C)C1=O. The van der Waals surface area contributed by atoms with Crippen LogP contribution in [0.4, 0.5) is 4.79 Å². The minimum absolute atomic E-state index is 0.109. The maximum absolute atomic E-state index is 12.9. The zero-order chi connectivity index (χ0) is 20.1. The van der Waals surface area contributed by atoms with E-state index in [2.05, 4.69) is 5.43 Å². The van der Waals surface area contributed by atoms with Crippen LogP contribution in [0.25, 0.3) is 0 Å². The Morgan fingerprint density at radius 1 is 1.22 bits per heavy atom. The van der Waals surface area contributed by atoms with Gasteiger partial charge >= 0.3 is 12.1 Å². The molecule has 1 N–H and O–H groups in total. The number of ether oxygens (including phenoxy) is 2. The first kappa shape index (κ1) is 20.7. The fourth-order valence-corrected chi connectivity index (χ4v) is 3.10. The molecule has 27 heavy (non-hydrogen) atoms. The molecule has 0 unspecified atom stereocenters. The van der Waals surface area contributed by atoms with Crippen molar-refractivity contribution in [1.29, 1.82) is 0 Å². The van der Waals surface area contributed by atoms with Gasteiger partial charge in [-0.2, -0.15) is 0 Å². The molecule has 0 aromatic heterocycles. The number of hydrazine groups is 1. The van der Waals surface area contributed by atoms with E-state index in [1.165, 1.54) is 0 Å². The van der Waals surface area contributed by atoms with Gasteiger partial charge in [0.1, 0.15) is 17.6 Å². The van der Waals surface area contributed by atoms with Gasteiger partial charge in [0, 0.05) is 6.54 Å². The van der Waals surface area contributed by atoms with Gasteiger partial charge < -0.3 is 9.47 Å². The van der Waals surface area contributed by atoms with Gasteiger partial charge in [0.2, 0.25) is 0 Å². The molecule has 0 bridgehead atoms. The number of carbonyl (C=O) groups is 3. The Morgan fingerprint density at radius 2 is 1.89 bits per heavy atom. The van der Waals surface area contributed by atoms with Gasteiger partial charge in [-0.25, -0.2) is 10.2 Å². The molecular formula is C20H28N2O5. The van der Waals surface area contributed by atoms with Crippen LogP contribution in [-0.4, -0.2) is 35.1 Å². The lowest BCUT2D eigenvalue weighted by Crippen LogP contribution is -2.49. The molecule has 2 rings (SSSR count). The fourth-order valence-electron chi connectivity index (χ4n) is 3.10. The van der Waals surface area contributed by atoms with Crippen molar-refractivity contribution in [3.8, 4) is 0 Å². The first-order valence-corrected chi connectivity index (χ1v) is 9.21. The number of esters is 1. The lowest BCUT2D eigenvalue weighted by Gasteiger charge is -2.26. The summed E-state index contributed by atoms with van der Waals surface area (Å²) in [5.74, 6) is -1.00. The molecule has 0 radical (unpaired) electrons. The molecule has 1 aromatic rings. The summed E-state index contributed by atoms with van der Waals surface area (Å²) in [5, 5.41) is 1.16. The van der Waals surface area contributed by atoms with E-state index in [1.54, 1.807) is 20.8 Å². The second-order valence-electron chi connectivity index (χ2n) is 7.71. The van der Waals surface area contributed by atoms with Crippen LogP contribution in [0, 0.1) is 5.41 Å². The topological polar surface area (TPSA) is 84.9 Å². The molecule has 148 valence electrons. The molecule has 2 amide bonds. The lowest BCUT2D eigenvalue weighted by molar-refractivity contribution is -0.163. The molecule has 1 heterocycles. The van der Waals surface area contributed by atoms with Crippen LogP contribution in [0.5, 0.6) is 0 Å². The van der Waals surface area contributed by atoms with E-state index in [0.29, 0.717) is 19.3 Å². The minimum Gasteiger partial charge on any atom is -0.460 e. The third-order valence-corrected chi connectivity index (χ3v) is 4.32. The van der Waals surface area contributed by atoms with Crippen molar-refractivity contribution < 1.29 is 23.9 Å². The van der Waals surface area contributed by atoms with Gasteiger partial charge in [0.15, 0.2) is 0 Å². The van der Waals surface area contributed by atoms with Crippen LogP contribution in [0.2, 0.25) is 0 Å². The number of nitrogens with zero attached hydrogens (tertiary/aromatic N) is 1. The highest BCUT2D eigenvalue weighted by atomic mass is 16.6. The predicted octanol–water partition coefficient (Wildman–Crippen LogP) is 3.19. The molecule has 1 saturated heterocycles. The van der Waals surface area contributed by atoms with Crippen LogP contribution < -0.4 is 5.43 Å². The van der Waals surface area contributed by atoms with Gasteiger partial charge in [0.25, 0.3) is 5.91 Å². The molecule has 0 saturated carbocycles. The summed E-state index contributed by atoms with van der Waals surface area (Å²) in [6, 6.07) is 9.31. The van der Waals surface area contributed by atoms with Gasteiger partial charge in [-0.15, -0.1) is 0 Å². The van der Waals surface area contributed by atoms with Crippen molar-refractivity contribution in [1.82, 2.24) is 10.4 Å². The second kappa shape index (κ2) is 8.41. The Balaban J connectivity index is 2.05. The van der Waals surface area contributed by atoms with Gasteiger partial charge in [-0.05, 0) is 39.2 Å². The van der Waals surface area contributed by atoms with Crippen molar-refractivity contribution in [2.24, 2.45) is 5.41 Å². The number of carbonyl (C=O) groups excluding carboxylic acids is 3. The Hall–Kier alpha value is -2.57. The first-order valence-electron chi connectivity index (χ1n) is 9.21. The van der Waals surface area contributed by atoms with Crippen molar-refractivity contribution in [3.05, 3.63) is 35.9 Å². The maximum atomic E-state index is 12.9. The summed E-state index contributed by atoms with van der Waals surface area (Å²) in [4.78, 5) is 37.7. The molecule has 0 spiro atoms. The van der Waals surface area contributed by atoms with E-state index in [0.717, 1.165) is 10.6 Å². The normalized spacial score (nSPS) is 19.7. The number of rotatable bonds is 6. The summed E-state index contributed by atoms with van der Waals surface area (Å²) in [5.41, 5.74) is 1.35. The summed E-state index contributed by atoms with van der Waals surface area (Å²) in [6.45, 7) is 7.46. The Labute approximate surface area is 160 Å². The third-order valence-electron chi connectivity index (χ3n) is 4.32. The first-order chi connectivity index (χ1) is 12.7. The van der Waals surface area contributed by atoms with Crippen molar-refractivity contribution in [2.45, 2.75) is 59.2 Å². The van der Waals surface area contributed by atoms with E-state index in [9.17, 15) is 14.4 Å². The van der Waals surface area contributed by atoms with Crippen molar-refractivity contribution in [2.75, 3.05) is 6.54 Å². The van der Waals surface area contributed by atoms with Crippen LogP contribution in [0.15, 0.2) is 30.3 Å². The summed E-state index contributed by atoms with van der Waals surface area (Å²) >= 11 is 0. The largest absolute Gasteiger partial charge is 0.460 e. The zero-order valence-corrected chi connectivity index (χ0v) is 16.4. The molecular weight excluding hydrogens is 348 g/mol. The van der Waals surface area contributed by atoms with E-state index in [-0.39, 0.29) is 13.2 Å². The van der Waals surface area contributed by atoms with Crippen LogP contribution >= 0.6 is 0 Å². The predicted molar refractivity (Wildman–Crippen MR) is 99.3 cm³/mol. The smallest absolute Gasteiger partial charge is 0.426 e. The fraction of sp³-hybridized carbons (Fsp3) is 0.550. The highest BCUT2D eigenvalue weighted by molar-refractivity contribution is 6.04. The van der Waals surface area contributed by atoms with Gasteiger partial charge in [0.05, 0.1) is 0 Å². The second-order valence-corrected chi connectivity index (χ2v) is 7.71. The van der Waals surface area contributed by atoms with Crippen LogP contribution in [-0.2, 0) is 25.7 Å².